The van der Waals surface area contributed by atoms with Crippen molar-refractivity contribution in [2.24, 2.45) is 0 Å². The van der Waals surface area contributed by atoms with Crippen molar-refractivity contribution >= 4 is 38.3 Å². The van der Waals surface area contributed by atoms with Crippen LogP contribution in [0.2, 0.25) is 5.02 Å². The van der Waals surface area contributed by atoms with Gasteiger partial charge in [-0.15, -0.1) is 0 Å². The molecule has 1 aromatic carbocycles. The lowest BCUT2D eigenvalue weighted by Gasteiger charge is -2.15. The zero-order chi connectivity index (χ0) is 22.2. The van der Waals surface area contributed by atoms with Crippen molar-refractivity contribution in [1.82, 2.24) is 5.32 Å². The highest BCUT2D eigenvalue weighted by atomic mass is 35.5. The minimum Gasteiger partial charge on any atom is -0.488 e. The van der Waals surface area contributed by atoms with Crippen molar-refractivity contribution in [3.05, 3.63) is 50.9 Å². The Morgan fingerprint density at radius 1 is 1.40 bits per heavy atom. The number of carbonyl (C=O) groups is 1. The van der Waals surface area contributed by atoms with E-state index in [0.29, 0.717) is 21.7 Å². The van der Waals surface area contributed by atoms with Crippen LogP contribution in [-0.4, -0.2) is 49.7 Å². The SMILES string of the molecule is C=C(C)COc1cc2oc(=O)c(CC(=O)N[C@@H]3CS(=O)(=O)C[C@H]3O)c(C)c2cc1Cl. The van der Waals surface area contributed by atoms with E-state index in [4.69, 9.17) is 20.8 Å². The van der Waals surface area contributed by atoms with Crippen molar-refractivity contribution in [2.45, 2.75) is 32.4 Å². The zero-order valence-electron chi connectivity index (χ0n) is 16.5. The molecule has 3 rings (SSSR count). The number of hydrogen-bond donors (Lipinski definition) is 2. The summed E-state index contributed by atoms with van der Waals surface area (Å²) in [6.07, 6.45) is -1.50. The van der Waals surface area contributed by atoms with Gasteiger partial charge in [-0.3, -0.25) is 4.79 Å². The van der Waals surface area contributed by atoms with Crippen LogP contribution in [0.25, 0.3) is 11.0 Å². The van der Waals surface area contributed by atoms with Gasteiger partial charge in [0.25, 0.3) is 0 Å². The Bertz CT molecular complexity index is 1190. The third-order valence-electron chi connectivity index (χ3n) is 4.82. The predicted octanol–water partition coefficient (Wildman–Crippen LogP) is 1.53. The Morgan fingerprint density at radius 3 is 2.70 bits per heavy atom. The van der Waals surface area contributed by atoms with Crippen molar-refractivity contribution in [3.63, 3.8) is 0 Å². The largest absolute Gasteiger partial charge is 0.488 e. The number of carbonyl (C=O) groups excluding carboxylic acids is 1. The molecule has 2 atom stereocenters. The number of aliphatic hydroxyl groups excluding tert-OH is 1. The van der Waals surface area contributed by atoms with Crippen LogP contribution in [0.5, 0.6) is 5.75 Å². The maximum atomic E-state index is 12.5. The Balaban J connectivity index is 1.86. The van der Waals surface area contributed by atoms with Crippen LogP contribution in [0.15, 0.2) is 33.5 Å². The standard InChI is InChI=1S/C20H22ClNO7S/c1-10(2)7-28-18-6-17-12(4-14(18)21)11(3)13(20(25)29-17)5-19(24)22-15-8-30(26,27)9-16(15)23/h4,6,15-16,23H,1,5,7-9H2,2-3H3,(H,22,24)/t15-,16-/m1/s1. The Hall–Kier alpha value is -2.36. The van der Waals surface area contributed by atoms with Crippen LogP contribution >= 0.6 is 11.6 Å². The van der Waals surface area contributed by atoms with Crippen LogP contribution in [0.3, 0.4) is 0 Å². The first-order valence-corrected chi connectivity index (χ1v) is 11.4. The number of aliphatic hydroxyl groups is 1. The molecule has 0 bridgehead atoms. The van der Waals surface area contributed by atoms with E-state index >= 15 is 0 Å². The van der Waals surface area contributed by atoms with Crippen molar-refractivity contribution < 1.29 is 27.5 Å². The average molecular weight is 456 g/mol. The molecule has 1 aromatic heterocycles. The lowest BCUT2D eigenvalue weighted by molar-refractivity contribution is -0.121. The molecule has 0 spiro atoms. The lowest BCUT2D eigenvalue weighted by Crippen LogP contribution is -2.43. The van der Waals surface area contributed by atoms with Gasteiger partial charge in [0, 0.05) is 11.5 Å². The summed E-state index contributed by atoms with van der Waals surface area (Å²) in [5.74, 6) is -0.980. The summed E-state index contributed by atoms with van der Waals surface area (Å²) in [7, 11) is -3.40. The summed E-state index contributed by atoms with van der Waals surface area (Å²) >= 11 is 6.27. The maximum absolute atomic E-state index is 12.5. The summed E-state index contributed by atoms with van der Waals surface area (Å²) in [5, 5.41) is 13.2. The second kappa shape index (κ2) is 8.41. The number of aryl methyl sites for hydroxylation is 1. The zero-order valence-corrected chi connectivity index (χ0v) is 18.1. The minimum absolute atomic E-state index is 0.127. The van der Waals surface area contributed by atoms with Gasteiger partial charge in [0.15, 0.2) is 9.84 Å². The number of nitrogens with one attached hydrogen (secondary N) is 1. The maximum Gasteiger partial charge on any atom is 0.340 e. The molecule has 30 heavy (non-hydrogen) atoms. The molecule has 8 nitrogen and oxygen atoms in total. The van der Waals surface area contributed by atoms with E-state index < -0.39 is 39.3 Å². The van der Waals surface area contributed by atoms with Crippen LogP contribution in [0, 0.1) is 6.92 Å². The second-order valence-electron chi connectivity index (χ2n) is 7.51. The molecule has 2 heterocycles. The molecule has 1 amide bonds. The van der Waals surface area contributed by atoms with Crippen LogP contribution in [0.1, 0.15) is 18.1 Å². The van der Waals surface area contributed by atoms with Gasteiger partial charge in [-0.05, 0) is 31.1 Å². The molecule has 2 aromatic rings. The van der Waals surface area contributed by atoms with Gasteiger partial charge in [0.05, 0.1) is 40.7 Å². The number of amides is 1. The molecular weight excluding hydrogens is 434 g/mol. The normalized spacial score (nSPS) is 20.3. The summed E-state index contributed by atoms with van der Waals surface area (Å²) in [4.78, 5) is 24.9. The number of benzene rings is 1. The predicted molar refractivity (Wildman–Crippen MR) is 113 cm³/mol. The van der Waals surface area contributed by atoms with Gasteiger partial charge in [-0.2, -0.15) is 0 Å². The molecule has 1 saturated heterocycles. The molecular formula is C20H22ClNO7S. The first-order chi connectivity index (χ1) is 14.0. The second-order valence-corrected chi connectivity index (χ2v) is 10.1. The van der Waals surface area contributed by atoms with Crippen molar-refractivity contribution in [2.75, 3.05) is 18.1 Å². The molecule has 162 valence electrons. The monoisotopic (exact) mass is 455 g/mol. The first kappa shape index (κ1) is 22.3. The van der Waals surface area contributed by atoms with Gasteiger partial charge < -0.3 is 19.6 Å². The van der Waals surface area contributed by atoms with E-state index in [0.717, 1.165) is 5.57 Å². The number of ether oxygens (including phenoxy) is 1. The fraction of sp³-hybridized carbons (Fsp3) is 0.400. The molecule has 0 aliphatic carbocycles. The van der Waals surface area contributed by atoms with Crippen molar-refractivity contribution in [1.29, 1.82) is 0 Å². The fourth-order valence-corrected chi connectivity index (χ4v) is 5.25. The highest BCUT2D eigenvalue weighted by molar-refractivity contribution is 7.91. The summed E-state index contributed by atoms with van der Waals surface area (Å²) in [6, 6.07) is 2.20. The lowest BCUT2D eigenvalue weighted by atomic mass is 10.0. The first-order valence-electron chi connectivity index (χ1n) is 9.17. The molecule has 1 fully saturated rings. The van der Waals surface area contributed by atoms with Crippen LogP contribution in [0.4, 0.5) is 0 Å². The Kier molecular flexibility index (Phi) is 6.26. The summed E-state index contributed by atoms with van der Waals surface area (Å²) < 4.78 is 34.1. The van der Waals surface area contributed by atoms with Gasteiger partial charge in [-0.25, -0.2) is 13.2 Å². The smallest absolute Gasteiger partial charge is 0.340 e. The number of sulfone groups is 1. The quantitative estimate of drug-likeness (QED) is 0.500. The van der Waals surface area contributed by atoms with E-state index in [-0.39, 0.29) is 29.9 Å². The van der Waals surface area contributed by atoms with Crippen molar-refractivity contribution in [3.8, 4) is 5.75 Å². The fourth-order valence-electron chi connectivity index (χ4n) is 3.29. The average Bonchev–Trinajstić information content (AvgIpc) is 2.89. The number of rotatable bonds is 6. The molecule has 10 heteroatoms. The third-order valence-corrected chi connectivity index (χ3v) is 6.83. The molecule has 1 aliphatic rings. The number of fused-ring (bicyclic) bond motifs is 1. The molecule has 0 unspecified atom stereocenters. The number of halogens is 1. The van der Waals surface area contributed by atoms with Gasteiger partial charge >= 0.3 is 5.63 Å². The Morgan fingerprint density at radius 2 is 2.10 bits per heavy atom. The van der Waals surface area contributed by atoms with E-state index in [1.165, 1.54) is 6.07 Å². The van der Waals surface area contributed by atoms with Gasteiger partial charge in [0.1, 0.15) is 17.9 Å². The molecule has 1 aliphatic heterocycles. The third kappa shape index (κ3) is 4.85. The molecule has 0 radical (unpaired) electrons. The highest BCUT2D eigenvalue weighted by Crippen LogP contribution is 2.32. The topological polar surface area (TPSA) is 123 Å². The van der Waals surface area contributed by atoms with E-state index in [1.54, 1.807) is 19.9 Å². The van der Waals surface area contributed by atoms with Crippen LogP contribution < -0.4 is 15.7 Å². The molecule has 0 saturated carbocycles. The number of hydrogen-bond acceptors (Lipinski definition) is 7. The van der Waals surface area contributed by atoms with Crippen LogP contribution in [-0.2, 0) is 21.1 Å². The summed E-state index contributed by atoms with van der Waals surface area (Å²) in [6.45, 7) is 7.48. The van der Waals surface area contributed by atoms with Gasteiger partial charge in [0.2, 0.25) is 5.91 Å². The Labute approximate surface area is 178 Å². The molecule has 2 N–H and O–H groups in total. The minimum atomic E-state index is -3.40. The highest BCUT2D eigenvalue weighted by Gasteiger charge is 2.37. The van der Waals surface area contributed by atoms with E-state index in [1.807, 2.05) is 0 Å². The van der Waals surface area contributed by atoms with Gasteiger partial charge in [-0.1, -0.05) is 18.2 Å². The van der Waals surface area contributed by atoms with E-state index in [2.05, 4.69) is 11.9 Å². The summed E-state index contributed by atoms with van der Waals surface area (Å²) in [5.41, 5.74) is 1.01. The van der Waals surface area contributed by atoms with E-state index in [9.17, 15) is 23.1 Å².